The summed E-state index contributed by atoms with van der Waals surface area (Å²) in [6.45, 7) is 6.42. The van der Waals surface area contributed by atoms with Crippen LogP contribution in [0.15, 0.2) is 52.0 Å². The Hall–Kier alpha value is -2.91. The zero-order valence-corrected chi connectivity index (χ0v) is 19.6. The molecule has 0 fully saturated rings. The van der Waals surface area contributed by atoms with E-state index in [9.17, 15) is 13.2 Å². The second kappa shape index (κ2) is 8.55. The summed E-state index contributed by atoms with van der Waals surface area (Å²) < 4.78 is 34.6. The Bertz CT molecular complexity index is 1230. The van der Waals surface area contributed by atoms with Crippen LogP contribution in [0, 0.1) is 13.8 Å². The number of carbonyl (C=O) groups is 1. The van der Waals surface area contributed by atoms with Crippen LogP contribution in [0.1, 0.15) is 41.2 Å². The first-order valence-corrected chi connectivity index (χ1v) is 12.0. The zero-order valence-electron chi connectivity index (χ0n) is 18.8. The van der Waals surface area contributed by atoms with Gasteiger partial charge in [0.15, 0.2) is 0 Å². The van der Waals surface area contributed by atoms with E-state index < -0.39 is 16.1 Å². The van der Waals surface area contributed by atoms with Crippen LogP contribution in [-0.2, 0) is 34.3 Å². The Labute approximate surface area is 188 Å². The van der Waals surface area contributed by atoms with E-state index in [4.69, 9.17) is 4.42 Å². The van der Waals surface area contributed by atoms with Gasteiger partial charge in [0.2, 0.25) is 15.9 Å². The number of carbonyl (C=O) groups excluding carboxylic acids is 1. The number of hydrogen-bond donors (Lipinski definition) is 0. The lowest BCUT2D eigenvalue weighted by atomic mass is 9.99. The molecule has 3 aromatic rings. The van der Waals surface area contributed by atoms with E-state index >= 15 is 0 Å². The van der Waals surface area contributed by atoms with Crippen LogP contribution in [0.4, 0.5) is 0 Å². The summed E-state index contributed by atoms with van der Waals surface area (Å²) in [6, 6.07) is 11.0. The van der Waals surface area contributed by atoms with Gasteiger partial charge in [0, 0.05) is 20.1 Å². The van der Waals surface area contributed by atoms with Gasteiger partial charge in [0.05, 0.1) is 24.2 Å². The Morgan fingerprint density at radius 2 is 1.91 bits per heavy atom. The van der Waals surface area contributed by atoms with Gasteiger partial charge in [0.25, 0.3) is 0 Å². The molecule has 1 aliphatic rings. The average molecular weight is 457 g/mol. The van der Waals surface area contributed by atoms with Crippen LogP contribution >= 0.6 is 0 Å². The molecule has 0 aliphatic carbocycles. The maximum atomic E-state index is 13.3. The van der Waals surface area contributed by atoms with Crippen molar-refractivity contribution >= 4 is 15.9 Å². The summed E-state index contributed by atoms with van der Waals surface area (Å²) in [5.41, 5.74) is 3.24. The minimum absolute atomic E-state index is 0.0713. The quantitative estimate of drug-likeness (QED) is 0.569. The van der Waals surface area contributed by atoms with Gasteiger partial charge in [-0.3, -0.25) is 9.48 Å². The lowest BCUT2D eigenvalue weighted by Gasteiger charge is -2.31. The molecule has 170 valence electrons. The van der Waals surface area contributed by atoms with Crippen LogP contribution in [0.5, 0.6) is 0 Å². The summed E-state index contributed by atoms with van der Waals surface area (Å²) in [6.07, 6.45) is 2.32. The lowest BCUT2D eigenvalue weighted by molar-refractivity contribution is -0.135. The average Bonchev–Trinajstić information content (AvgIpc) is 3.39. The molecule has 0 bridgehead atoms. The summed E-state index contributed by atoms with van der Waals surface area (Å²) in [7, 11) is -2.31. The highest BCUT2D eigenvalue weighted by molar-refractivity contribution is 7.89. The molecule has 2 aromatic heterocycles. The highest BCUT2D eigenvalue weighted by atomic mass is 32.2. The largest absolute Gasteiger partial charge is 0.468 e. The van der Waals surface area contributed by atoms with Gasteiger partial charge in [-0.05, 0) is 50.5 Å². The molecule has 4 rings (SSSR count). The van der Waals surface area contributed by atoms with Gasteiger partial charge in [0.1, 0.15) is 16.7 Å². The van der Waals surface area contributed by atoms with Crippen molar-refractivity contribution in [3.63, 3.8) is 0 Å². The topological polar surface area (TPSA) is 88.7 Å². The summed E-state index contributed by atoms with van der Waals surface area (Å²) in [4.78, 5) is 15.2. The van der Waals surface area contributed by atoms with Crippen LogP contribution < -0.4 is 0 Å². The molecule has 0 N–H and O–H groups in total. The van der Waals surface area contributed by atoms with Gasteiger partial charge in [-0.25, -0.2) is 8.42 Å². The zero-order chi connectivity index (χ0) is 23.0. The van der Waals surface area contributed by atoms with E-state index in [1.165, 1.54) is 27.9 Å². The Morgan fingerprint density at radius 3 is 2.59 bits per heavy atom. The van der Waals surface area contributed by atoms with Crippen molar-refractivity contribution in [2.24, 2.45) is 0 Å². The van der Waals surface area contributed by atoms with Crippen molar-refractivity contribution in [3.05, 3.63) is 70.9 Å². The molecule has 0 unspecified atom stereocenters. The third-order valence-electron chi connectivity index (χ3n) is 6.05. The number of rotatable bonds is 6. The Morgan fingerprint density at radius 1 is 1.19 bits per heavy atom. The number of benzene rings is 1. The maximum Gasteiger partial charge on any atom is 0.247 e. The molecule has 0 saturated heterocycles. The molecule has 0 spiro atoms. The van der Waals surface area contributed by atoms with E-state index in [2.05, 4.69) is 11.2 Å². The smallest absolute Gasteiger partial charge is 0.247 e. The summed E-state index contributed by atoms with van der Waals surface area (Å²) >= 11 is 0. The van der Waals surface area contributed by atoms with Gasteiger partial charge < -0.3 is 9.32 Å². The minimum atomic E-state index is -3.81. The molecule has 1 aliphatic heterocycles. The van der Waals surface area contributed by atoms with Crippen LogP contribution in [0.3, 0.4) is 0 Å². The fourth-order valence-corrected chi connectivity index (χ4v) is 5.80. The van der Waals surface area contributed by atoms with Crippen LogP contribution in [0.2, 0.25) is 0 Å². The van der Waals surface area contributed by atoms with Crippen molar-refractivity contribution in [2.75, 3.05) is 13.6 Å². The number of amides is 1. The van der Waals surface area contributed by atoms with Gasteiger partial charge in [-0.15, -0.1) is 0 Å². The lowest BCUT2D eigenvalue weighted by Crippen LogP contribution is -2.40. The van der Waals surface area contributed by atoms with E-state index in [0.29, 0.717) is 30.2 Å². The minimum Gasteiger partial charge on any atom is -0.468 e. The first-order valence-electron chi connectivity index (χ1n) is 10.6. The van der Waals surface area contributed by atoms with Crippen molar-refractivity contribution < 1.29 is 17.6 Å². The summed E-state index contributed by atoms with van der Waals surface area (Å²) in [5.74, 6) is 0.477. The van der Waals surface area contributed by atoms with Crippen LogP contribution in [0.25, 0.3) is 0 Å². The van der Waals surface area contributed by atoms with Gasteiger partial charge in [-0.2, -0.15) is 9.40 Å². The molecule has 1 amide bonds. The molecule has 0 saturated carbocycles. The third kappa shape index (κ3) is 3.98. The van der Waals surface area contributed by atoms with Crippen LogP contribution in [-0.4, -0.2) is 46.9 Å². The second-order valence-electron chi connectivity index (χ2n) is 8.24. The first-order chi connectivity index (χ1) is 15.2. The molecule has 1 aromatic carbocycles. The van der Waals surface area contributed by atoms with E-state index in [0.717, 1.165) is 12.0 Å². The number of fused-ring (bicyclic) bond motifs is 1. The highest BCUT2D eigenvalue weighted by Crippen LogP contribution is 2.28. The monoisotopic (exact) mass is 456 g/mol. The van der Waals surface area contributed by atoms with Gasteiger partial charge in [-0.1, -0.05) is 24.3 Å². The highest BCUT2D eigenvalue weighted by Gasteiger charge is 2.33. The van der Waals surface area contributed by atoms with E-state index in [-0.39, 0.29) is 17.3 Å². The number of furan rings is 1. The maximum absolute atomic E-state index is 13.3. The molecule has 3 heterocycles. The summed E-state index contributed by atoms with van der Waals surface area (Å²) in [5, 5.41) is 4.46. The fraction of sp³-hybridized carbons (Fsp3) is 0.391. The van der Waals surface area contributed by atoms with Gasteiger partial charge >= 0.3 is 0 Å². The molecule has 32 heavy (non-hydrogen) atoms. The molecule has 8 nitrogen and oxygen atoms in total. The number of hydrogen-bond acceptors (Lipinski definition) is 5. The number of nitrogens with zero attached hydrogens (tertiary/aromatic N) is 4. The van der Waals surface area contributed by atoms with Crippen molar-refractivity contribution in [1.29, 1.82) is 0 Å². The predicted octanol–water partition coefficient (Wildman–Crippen LogP) is 3.06. The first kappa shape index (κ1) is 22.3. The fourth-order valence-electron chi connectivity index (χ4n) is 4.31. The normalized spacial score (nSPS) is 15.1. The molecule has 1 atom stereocenters. The molecule has 9 heteroatoms. The molecular weight excluding hydrogens is 428 g/mol. The van der Waals surface area contributed by atoms with E-state index in [1.807, 2.05) is 23.1 Å². The standard InChI is InChI=1S/C23H28N4O4S/c1-16-22(32(29,30)25(4)15-21-10-7-13-31-21)17(2)27(24-16)18(3)23(28)26-12-11-19-8-5-6-9-20(19)14-26/h5-10,13,18H,11-12,14-15H2,1-4H3/t18-/m1/s1. The van der Waals surface area contributed by atoms with E-state index in [1.54, 1.807) is 32.9 Å². The third-order valence-corrected chi connectivity index (χ3v) is 8.11. The second-order valence-corrected chi connectivity index (χ2v) is 10.2. The predicted molar refractivity (Wildman–Crippen MR) is 119 cm³/mol. The van der Waals surface area contributed by atoms with Crippen molar-refractivity contribution in [3.8, 4) is 0 Å². The number of aromatic nitrogens is 2. The number of aryl methyl sites for hydroxylation is 1. The van der Waals surface area contributed by atoms with Crippen molar-refractivity contribution in [1.82, 2.24) is 19.0 Å². The SMILES string of the molecule is Cc1nn([C@H](C)C(=O)N2CCc3ccccc3C2)c(C)c1S(=O)(=O)N(C)Cc1ccco1. The molecule has 0 radical (unpaired) electrons. The van der Waals surface area contributed by atoms with Crippen molar-refractivity contribution in [2.45, 2.75) is 51.2 Å². The Balaban J connectivity index is 1.57. The number of sulfonamides is 1. The molecular formula is C23H28N4O4S. The Kier molecular flexibility index (Phi) is 5.96.